The number of rotatable bonds is 4. The number of nitrogens with one attached hydrogen (secondary N) is 2. The molecule has 0 radical (unpaired) electrons. The second-order valence-corrected chi connectivity index (χ2v) is 4.81. The Balaban J connectivity index is 1.73. The third-order valence-corrected chi connectivity index (χ3v) is 3.47. The summed E-state index contributed by atoms with van der Waals surface area (Å²) in [5, 5.41) is 10.7. The molecule has 0 bridgehead atoms. The van der Waals surface area contributed by atoms with Crippen LogP contribution in [0.2, 0.25) is 0 Å². The number of aromatic nitrogens is 3. The molecule has 0 spiro atoms. The number of ether oxygens (including phenoxy) is 1. The van der Waals surface area contributed by atoms with Crippen LogP contribution in [0.25, 0.3) is 0 Å². The van der Waals surface area contributed by atoms with Crippen molar-refractivity contribution >= 4 is 5.95 Å². The van der Waals surface area contributed by atoms with Gasteiger partial charge in [-0.15, -0.1) is 5.10 Å². The number of nitrogens with zero attached hydrogens (tertiary/aromatic N) is 3. The number of benzene rings is 1. The molecular formula is C14H19N5O. The molecule has 106 valence electrons. The van der Waals surface area contributed by atoms with Crippen molar-refractivity contribution in [2.45, 2.75) is 6.42 Å². The van der Waals surface area contributed by atoms with E-state index in [1.807, 2.05) is 24.3 Å². The van der Waals surface area contributed by atoms with E-state index in [9.17, 15) is 0 Å². The van der Waals surface area contributed by atoms with Gasteiger partial charge < -0.3 is 15.0 Å². The number of para-hydroxylation sites is 1. The Hall–Kier alpha value is -2.08. The zero-order valence-corrected chi connectivity index (χ0v) is 11.6. The summed E-state index contributed by atoms with van der Waals surface area (Å²) in [5.74, 6) is 2.53. The van der Waals surface area contributed by atoms with Crippen LogP contribution in [-0.2, 0) is 6.42 Å². The molecule has 1 aliphatic heterocycles. The summed E-state index contributed by atoms with van der Waals surface area (Å²) in [6.07, 6.45) is 0.698. The molecule has 0 aliphatic carbocycles. The fourth-order valence-electron chi connectivity index (χ4n) is 2.40. The van der Waals surface area contributed by atoms with Gasteiger partial charge in [-0.2, -0.15) is 4.98 Å². The molecule has 3 rings (SSSR count). The van der Waals surface area contributed by atoms with Gasteiger partial charge in [0, 0.05) is 38.2 Å². The van der Waals surface area contributed by atoms with Crippen LogP contribution >= 0.6 is 0 Å². The summed E-state index contributed by atoms with van der Waals surface area (Å²) in [4.78, 5) is 6.77. The van der Waals surface area contributed by atoms with Gasteiger partial charge in [0.25, 0.3) is 0 Å². The van der Waals surface area contributed by atoms with Gasteiger partial charge in [-0.1, -0.05) is 18.2 Å². The van der Waals surface area contributed by atoms with E-state index in [2.05, 4.69) is 25.4 Å². The first kappa shape index (κ1) is 12.9. The van der Waals surface area contributed by atoms with E-state index in [4.69, 9.17) is 4.74 Å². The van der Waals surface area contributed by atoms with Crippen molar-refractivity contribution in [3.05, 3.63) is 35.7 Å². The van der Waals surface area contributed by atoms with E-state index in [-0.39, 0.29) is 0 Å². The average Bonchev–Trinajstić information content (AvgIpc) is 2.97. The lowest BCUT2D eigenvalue weighted by Gasteiger charge is -2.25. The van der Waals surface area contributed by atoms with Crippen LogP contribution in [0.3, 0.4) is 0 Å². The SMILES string of the molecule is COc1ccccc1Cc1nc(N2CCNCC2)n[nH]1. The minimum atomic E-state index is 0.698. The van der Waals surface area contributed by atoms with E-state index < -0.39 is 0 Å². The summed E-state index contributed by atoms with van der Waals surface area (Å²) in [7, 11) is 1.69. The molecule has 6 nitrogen and oxygen atoms in total. The molecule has 1 saturated heterocycles. The molecule has 2 aromatic rings. The fraction of sp³-hybridized carbons (Fsp3) is 0.429. The Morgan fingerprint density at radius 1 is 1.25 bits per heavy atom. The topological polar surface area (TPSA) is 66.1 Å². The number of piperazine rings is 1. The van der Waals surface area contributed by atoms with Crippen molar-refractivity contribution in [3.8, 4) is 5.75 Å². The number of anilines is 1. The first-order chi connectivity index (χ1) is 9.86. The predicted molar refractivity (Wildman–Crippen MR) is 77.3 cm³/mol. The molecule has 1 aromatic heterocycles. The van der Waals surface area contributed by atoms with Crippen molar-refractivity contribution < 1.29 is 4.74 Å². The Kier molecular flexibility index (Phi) is 3.83. The molecule has 1 aromatic carbocycles. The Labute approximate surface area is 118 Å². The maximum Gasteiger partial charge on any atom is 0.244 e. The third kappa shape index (κ3) is 2.75. The van der Waals surface area contributed by atoms with E-state index in [0.29, 0.717) is 6.42 Å². The Morgan fingerprint density at radius 2 is 2.05 bits per heavy atom. The van der Waals surface area contributed by atoms with Crippen LogP contribution in [0.1, 0.15) is 11.4 Å². The molecule has 0 amide bonds. The van der Waals surface area contributed by atoms with Crippen LogP contribution in [0.4, 0.5) is 5.95 Å². The van der Waals surface area contributed by atoms with Crippen molar-refractivity contribution in [3.63, 3.8) is 0 Å². The molecule has 0 unspecified atom stereocenters. The van der Waals surface area contributed by atoms with Gasteiger partial charge in [-0.05, 0) is 6.07 Å². The van der Waals surface area contributed by atoms with Crippen LogP contribution in [-0.4, -0.2) is 48.5 Å². The molecule has 2 N–H and O–H groups in total. The maximum absolute atomic E-state index is 5.36. The van der Waals surface area contributed by atoms with E-state index in [1.54, 1.807) is 7.11 Å². The molecule has 2 heterocycles. The van der Waals surface area contributed by atoms with Crippen LogP contribution < -0.4 is 15.0 Å². The zero-order chi connectivity index (χ0) is 13.8. The van der Waals surface area contributed by atoms with Gasteiger partial charge >= 0.3 is 0 Å². The first-order valence-electron chi connectivity index (χ1n) is 6.85. The first-order valence-corrected chi connectivity index (χ1v) is 6.85. The molecule has 0 saturated carbocycles. The normalized spacial score (nSPS) is 15.3. The van der Waals surface area contributed by atoms with Crippen LogP contribution in [0.15, 0.2) is 24.3 Å². The Morgan fingerprint density at radius 3 is 2.85 bits per heavy atom. The Bertz CT molecular complexity index is 562. The van der Waals surface area contributed by atoms with Gasteiger partial charge in [0.05, 0.1) is 7.11 Å². The van der Waals surface area contributed by atoms with Gasteiger partial charge in [0.15, 0.2) is 0 Å². The number of methoxy groups -OCH3 is 1. The van der Waals surface area contributed by atoms with E-state index in [0.717, 1.165) is 49.3 Å². The summed E-state index contributed by atoms with van der Waals surface area (Å²) in [6.45, 7) is 3.87. The summed E-state index contributed by atoms with van der Waals surface area (Å²) in [6, 6.07) is 7.98. The van der Waals surface area contributed by atoms with Crippen molar-refractivity contribution in [1.82, 2.24) is 20.5 Å². The van der Waals surface area contributed by atoms with E-state index in [1.165, 1.54) is 0 Å². The van der Waals surface area contributed by atoms with Crippen molar-refractivity contribution in [2.75, 3.05) is 38.2 Å². The van der Waals surface area contributed by atoms with Gasteiger partial charge in [-0.3, -0.25) is 5.10 Å². The highest BCUT2D eigenvalue weighted by Gasteiger charge is 2.15. The highest BCUT2D eigenvalue weighted by Crippen LogP contribution is 2.20. The predicted octanol–water partition coefficient (Wildman–Crippen LogP) is 0.814. The van der Waals surface area contributed by atoms with E-state index >= 15 is 0 Å². The van der Waals surface area contributed by atoms with Crippen molar-refractivity contribution in [1.29, 1.82) is 0 Å². The quantitative estimate of drug-likeness (QED) is 0.863. The third-order valence-electron chi connectivity index (χ3n) is 3.47. The minimum Gasteiger partial charge on any atom is -0.496 e. The highest BCUT2D eigenvalue weighted by atomic mass is 16.5. The number of hydrogen-bond acceptors (Lipinski definition) is 5. The molecule has 0 atom stereocenters. The lowest BCUT2D eigenvalue weighted by molar-refractivity contribution is 0.410. The molecule has 1 fully saturated rings. The molecular weight excluding hydrogens is 254 g/mol. The monoisotopic (exact) mass is 273 g/mol. The smallest absolute Gasteiger partial charge is 0.244 e. The summed E-state index contributed by atoms with van der Waals surface area (Å²) < 4.78 is 5.36. The highest BCUT2D eigenvalue weighted by molar-refractivity contribution is 5.36. The van der Waals surface area contributed by atoms with Gasteiger partial charge in [0.2, 0.25) is 5.95 Å². The average molecular weight is 273 g/mol. The maximum atomic E-state index is 5.36. The van der Waals surface area contributed by atoms with Crippen LogP contribution in [0.5, 0.6) is 5.75 Å². The summed E-state index contributed by atoms with van der Waals surface area (Å²) in [5.41, 5.74) is 1.11. The number of H-pyrrole nitrogens is 1. The summed E-state index contributed by atoms with van der Waals surface area (Å²) >= 11 is 0. The standard InChI is InChI=1S/C14H19N5O/c1-20-12-5-3-2-4-11(12)10-13-16-14(18-17-13)19-8-6-15-7-9-19/h2-5,15H,6-10H2,1H3,(H,16,17,18). The largest absolute Gasteiger partial charge is 0.496 e. The van der Waals surface area contributed by atoms with Gasteiger partial charge in [-0.25, -0.2) is 0 Å². The fourth-order valence-corrected chi connectivity index (χ4v) is 2.40. The van der Waals surface area contributed by atoms with Crippen molar-refractivity contribution in [2.24, 2.45) is 0 Å². The lowest BCUT2D eigenvalue weighted by Crippen LogP contribution is -2.44. The number of aromatic amines is 1. The molecule has 20 heavy (non-hydrogen) atoms. The zero-order valence-electron chi connectivity index (χ0n) is 11.6. The van der Waals surface area contributed by atoms with Crippen LogP contribution in [0, 0.1) is 0 Å². The second kappa shape index (κ2) is 5.92. The minimum absolute atomic E-state index is 0.698. The lowest BCUT2D eigenvalue weighted by atomic mass is 10.1. The van der Waals surface area contributed by atoms with Gasteiger partial charge in [0.1, 0.15) is 11.6 Å². The second-order valence-electron chi connectivity index (χ2n) is 4.81. The number of hydrogen-bond donors (Lipinski definition) is 2. The molecule has 1 aliphatic rings. The molecule has 6 heteroatoms.